The van der Waals surface area contributed by atoms with E-state index in [1.54, 1.807) is 0 Å². The van der Waals surface area contributed by atoms with E-state index in [4.69, 9.17) is 0 Å². The highest BCUT2D eigenvalue weighted by Crippen LogP contribution is 2.08. The zero-order valence-electron chi connectivity index (χ0n) is 8.06. The lowest BCUT2D eigenvalue weighted by Gasteiger charge is -2.01. The van der Waals surface area contributed by atoms with Crippen LogP contribution >= 0.6 is 0 Å². The lowest BCUT2D eigenvalue weighted by molar-refractivity contribution is 0.794. The SMILES string of the molecule is CCCCc1cc[c]c(CC)c1. The van der Waals surface area contributed by atoms with Crippen LogP contribution in [0.3, 0.4) is 0 Å². The van der Waals surface area contributed by atoms with Crippen LogP contribution in [-0.2, 0) is 12.8 Å². The van der Waals surface area contributed by atoms with Gasteiger partial charge in [0.1, 0.15) is 0 Å². The van der Waals surface area contributed by atoms with Gasteiger partial charge in [-0.25, -0.2) is 0 Å². The third-order valence-electron chi connectivity index (χ3n) is 2.13. The lowest BCUT2D eigenvalue weighted by Crippen LogP contribution is -1.87. The maximum absolute atomic E-state index is 3.23. The molecular weight excluding hydrogens is 144 g/mol. The Bertz CT molecular complexity index is 225. The Hall–Kier alpha value is -0.780. The number of rotatable bonds is 4. The van der Waals surface area contributed by atoms with Gasteiger partial charge >= 0.3 is 0 Å². The molecule has 0 saturated carbocycles. The molecule has 0 amide bonds. The highest BCUT2D eigenvalue weighted by molar-refractivity contribution is 5.22. The summed E-state index contributed by atoms with van der Waals surface area (Å²) in [4.78, 5) is 0. The van der Waals surface area contributed by atoms with E-state index in [2.05, 4.69) is 32.0 Å². The van der Waals surface area contributed by atoms with Gasteiger partial charge in [0, 0.05) is 0 Å². The van der Waals surface area contributed by atoms with Gasteiger partial charge in [-0.05, 0) is 36.5 Å². The molecule has 12 heavy (non-hydrogen) atoms. The summed E-state index contributed by atoms with van der Waals surface area (Å²) >= 11 is 0. The van der Waals surface area contributed by atoms with Gasteiger partial charge in [-0.3, -0.25) is 0 Å². The molecule has 0 spiro atoms. The van der Waals surface area contributed by atoms with Gasteiger partial charge in [-0.2, -0.15) is 0 Å². The molecule has 0 aromatic heterocycles. The van der Waals surface area contributed by atoms with Crippen molar-refractivity contribution in [2.45, 2.75) is 39.5 Å². The number of benzene rings is 1. The van der Waals surface area contributed by atoms with E-state index in [9.17, 15) is 0 Å². The van der Waals surface area contributed by atoms with E-state index in [1.165, 1.54) is 30.4 Å². The molecule has 0 aliphatic rings. The molecule has 0 nitrogen and oxygen atoms in total. The fraction of sp³-hybridized carbons (Fsp3) is 0.500. The summed E-state index contributed by atoms with van der Waals surface area (Å²) in [5, 5.41) is 0. The molecule has 0 atom stereocenters. The number of hydrogen-bond donors (Lipinski definition) is 0. The van der Waals surface area contributed by atoms with Crippen LogP contribution in [0.1, 0.15) is 37.8 Å². The summed E-state index contributed by atoms with van der Waals surface area (Å²) in [5.41, 5.74) is 2.80. The van der Waals surface area contributed by atoms with Gasteiger partial charge in [0.2, 0.25) is 0 Å². The molecule has 0 N–H and O–H groups in total. The average Bonchev–Trinajstić information content (AvgIpc) is 2.15. The summed E-state index contributed by atoms with van der Waals surface area (Å²) in [6.07, 6.45) is 4.89. The quantitative estimate of drug-likeness (QED) is 0.635. The molecular formula is C12H17. The Kier molecular flexibility index (Phi) is 3.86. The molecule has 0 aliphatic heterocycles. The van der Waals surface area contributed by atoms with Crippen LogP contribution in [0, 0.1) is 6.07 Å². The molecule has 0 heterocycles. The van der Waals surface area contributed by atoms with Gasteiger partial charge in [0.25, 0.3) is 0 Å². The van der Waals surface area contributed by atoms with Crippen molar-refractivity contribution in [2.75, 3.05) is 0 Å². The van der Waals surface area contributed by atoms with Gasteiger partial charge in [0.15, 0.2) is 0 Å². The Morgan fingerprint density at radius 1 is 1.33 bits per heavy atom. The molecule has 65 valence electrons. The average molecular weight is 161 g/mol. The van der Waals surface area contributed by atoms with Crippen molar-refractivity contribution in [1.82, 2.24) is 0 Å². The monoisotopic (exact) mass is 161 g/mol. The van der Waals surface area contributed by atoms with Crippen LogP contribution < -0.4 is 0 Å². The van der Waals surface area contributed by atoms with Crippen LogP contribution in [0.25, 0.3) is 0 Å². The van der Waals surface area contributed by atoms with Crippen LogP contribution in [0.15, 0.2) is 18.2 Å². The predicted molar refractivity (Wildman–Crippen MR) is 53.3 cm³/mol. The van der Waals surface area contributed by atoms with Crippen molar-refractivity contribution in [2.24, 2.45) is 0 Å². The normalized spacial score (nSPS) is 10.2. The molecule has 1 aromatic carbocycles. The molecule has 1 radical (unpaired) electrons. The zero-order valence-corrected chi connectivity index (χ0v) is 8.06. The highest BCUT2D eigenvalue weighted by Gasteiger charge is 1.93. The summed E-state index contributed by atoms with van der Waals surface area (Å²) in [6, 6.07) is 9.73. The molecule has 0 fully saturated rings. The molecule has 0 unspecified atom stereocenters. The highest BCUT2D eigenvalue weighted by atomic mass is 14.0. The second-order valence-electron chi connectivity index (χ2n) is 3.18. The molecule has 0 aliphatic carbocycles. The van der Waals surface area contributed by atoms with Crippen molar-refractivity contribution in [3.05, 3.63) is 35.4 Å². The van der Waals surface area contributed by atoms with E-state index >= 15 is 0 Å². The minimum atomic E-state index is 1.10. The van der Waals surface area contributed by atoms with Crippen molar-refractivity contribution >= 4 is 0 Å². The van der Waals surface area contributed by atoms with Gasteiger partial charge in [-0.15, -0.1) is 0 Å². The van der Waals surface area contributed by atoms with Crippen LogP contribution in [0.5, 0.6) is 0 Å². The first-order valence-corrected chi connectivity index (χ1v) is 4.86. The Balaban J connectivity index is 2.60. The second-order valence-corrected chi connectivity index (χ2v) is 3.18. The summed E-state index contributed by atoms with van der Waals surface area (Å²) < 4.78 is 0. The van der Waals surface area contributed by atoms with Gasteiger partial charge in [-0.1, -0.05) is 38.5 Å². The minimum absolute atomic E-state index is 1.10. The lowest BCUT2D eigenvalue weighted by atomic mass is 10.0. The molecule has 0 saturated heterocycles. The predicted octanol–water partition coefficient (Wildman–Crippen LogP) is 3.39. The topological polar surface area (TPSA) is 0 Å². The van der Waals surface area contributed by atoms with E-state index in [0.29, 0.717) is 0 Å². The Morgan fingerprint density at radius 3 is 2.83 bits per heavy atom. The number of unbranched alkanes of at least 4 members (excludes halogenated alkanes) is 1. The largest absolute Gasteiger partial charge is 0.0654 e. The molecule has 1 aromatic rings. The Morgan fingerprint density at radius 2 is 2.17 bits per heavy atom. The third kappa shape index (κ3) is 2.69. The van der Waals surface area contributed by atoms with Crippen LogP contribution in [0.4, 0.5) is 0 Å². The maximum Gasteiger partial charge on any atom is -0.0149 e. The summed E-state index contributed by atoms with van der Waals surface area (Å²) in [5.74, 6) is 0. The minimum Gasteiger partial charge on any atom is -0.0654 e. The zero-order chi connectivity index (χ0) is 8.81. The summed E-state index contributed by atoms with van der Waals surface area (Å²) in [7, 11) is 0. The second kappa shape index (κ2) is 4.97. The van der Waals surface area contributed by atoms with Crippen LogP contribution in [-0.4, -0.2) is 0 Å². The molecule has 0 bridgehead atoms. The third-order valence-corrected chi connectivity index (χ3v) is 2.13. The van der Waals surface area contributed by atoms with E-state index in [0.717, 1.165) is 6.42 Å². The van der Waals surface area contributed by atoms with E-state index < -0.39 is 0 Å². The Labute approximate surface area is 75.6 Å². The molecule has 1 rings (SSSR count). The standard InChI is InChI=1S/C12H17/c1-3-5-7-12-9-6-8-11(4-2)10-12/h6,9-10H,3-5,7H2,1-2H3. The fourth-order valence-electron chi connectivity index (χ4n) is 1.31. The van der Waals surface area contributed by atoms with Crippen molar-refractivity contribution in [1.29, 1.82) is 0 Å². The maximum atomic E-state index is 3.23. The smallest absolute Gasteiger partial charge is 0.0149 e. The van der Waals surface area contributed by atoms with Gasteiger partial charge < -0.3 is 0 Å². The first-order chi connectivity index (χ1) is 5.86. The van der Waals surface area contributed by atoms with Crippen molar-refractivity contribution < 1.29 is 0 Å². The summed E-state index contributed by atoms with van der Waals surface area (Å²) in [6.45, 7) is 4.41. The molecule has 0 heteroatoms. The van der Waals surface area contributed by atoms with Crippen molar-refractivity contribution in [3.63, 3.8) is 0 Å². The first-order valence-electron chi connectivity index (χ1n) is 4.86. The fourth-order valence-corrected chi connectivity index (χ4v) is 1.31. The number of aryl methyl sites for hydroxylation is 2. The van der Waals surface area contributed by atoms with E-state index in [1.807, 2.05) is 6.07 Å². The van der Waals surface area contributed by atoms with Crippen LogP contribution in [0.2, 0.25) is 0 Å². The van der Waals surface area contributed by atoms with Gasteiger partial charge in [0.05, 0.1) is 0 Å². The van der Waals surface area contributed by atoms with E-state index in [-0.39, 0.29) is 0 Å². The number of hydrogen-bond acceptors (Lipinski definition) is 0. The first kappa shape index (κ1) is 9.31. The van der Waals surface area contributed by atoms with Crippen molar-refractivity contribution in [3.8, 4) is 0 Å².